The Labute approximate surface area is 169 Å². The normalized spacial score (nSPS) is 10.7. The first-order chi connectivity index (χ1) is 14.0. The van der Waals surface area contributed by atoms with Crippen LogP contribution in [-0.2, 0) is 0 Å². The summed E-state index contributed by atoms with van der Waals surface area (Å²) in [6.45, 7) is 0.417. The van der Waals surface area contributed by atoms with Crippen molar-refractivity contribution in [2.24, 2.45) is 0 Å². The predicted molar refractivity (Wildman–Crippen MR) is 106 cm³/mol. The summed E-state index contributed by atoms with van der Waals surface area (Å²) in [4.78, 5) is 20.6. The molecule has 0 bridgehead atoms. The number of unbranched alkanes of at least 4 members (excludes halogenated alkanes) is 1. The van der Waals surface area contributed by atoms with E-state index in [4.69, 9.17) is 15.6 Å². The number of benzene rings is 1. The molecule has 1 aromatic carbocycles. The van der Waals surface area contributed by atoms with E-state index >= 15 is 0 Å². The summed E-state index contributed by atoms with van der Waals surface area (Å²) in [5.74, 6) is -1.86. The highest BCUT2D eigenvalue weighted by Gasteiger charge is 2.22. The summed E-state index contributed by atoms with van der Waals surface area (Å²) in [6, 6.07) is 5.03. The van der Waals surface area contributed by atoms with Crippen LogP contribution in [0.5, 0.6) is 5.75 Å². The fourth-order valence-corrected chi connectivity index (χ4v) is 3.36. The summed E-state index contributed by atoms with van der Waals surface area (Å²) < 4.78 is 33.6. The molecule has 0 atom stereocenters. The van der Waals surface area contributed by atoms with Gasteiger partial charge in [0.1, 0.15) is 33.1 Å². The summed E-state index contributed by atoms with van der Waals surface area (Å²) >= 11 is 0.814. The molecule has 0 saturated heterocycles. The smallest absolute Gasteiger partial charge is 0.277 e. The van der Waals surface area contributed by atoms with Gasteiger partial charge in [0.15, 0.2) is 5.69 Å². The van der Waals surface area contributed by atoms with Gasteiger partial charge in [-0.15, -0.1) is 0 Å². The maximum Gasteiger partial charge on any atom is 0.277 e. The third-order valence-corrected chi connectivity index (χ3v) is 4.79. The van der Waals surface area contributed by atoms with Crippen LogP contribution in [0.3, 0.4) is 0 Å². The van der Waals surface area contributed by atoms with Gasteiger partial charge in [-0.3, -0.25) is 9.78 Å². The number of nitrogens with one attached hydrogen (secondary N) is 1. The molecule has 0 spiro atoms. The van der Waals surface area contributed by atoms with Gasteiger partial charge in [0.2, 0.25) is 0 Å². The minimum atomic E-state index is -0.795. The number of carbonyl (C=O) groups excluding carboxylic acids is 1. The average molecular weight is 420 g/mol. The van der Waals surface area contributed by atoms with Crippen LogP contribution in [0.25, 0.3) is 10.6 Å². The van der Waals surface area contributed by atoms with Gasteiger partial charge in [-0.25, -0.2) is 13.8 Å². The largest absolute Gasteiger partial charge is 0.491 e. The Bertz CT molecular complexity index is 993. The lowest BCUT2D eigenvalue weighted by Crippen LogP contribution is -2.15. The van der Waals surface area contributed by atoms with Crippen LogP contribution in [0.2, 0.25) is 0 Å². The lowest BCUT2D eigenvalue weighted by atomic mass is 10.2. The number of nitrogens with two attached hydrogens (primary N) is 1. The monoisotopic (exact) mass is 420 g/mol. The number of thiazole rings is 1. The Morgan fingerprint density at radius 3 is 2.72 bits per heavy atom. The maximum atomic E-state index is 14.0. The Kier molecular flexibility index (Phi) is 6.68. The third-order valence-electron chi connectivity index (χ3n) is 3.88. The van der Waals surface area contributed by atoms with Crippen LogP contribution < -0.4 is 15.8 Å². The molecule has 4 N–H and O–H groups in total. The van der Waals surface area contributed by atoms with Crippen LogP contribution in [0, 0.1) is 11.6 Å². The molecular formula is C19H18F2N4O3S. The van der Waals surface area contributed by atoms with Crippen molar-refractivity contribution in [2.45, 2.75) is 12.8 Å². The Morgan fingerprint density at radius 2 is 2.00 bits per heavy atom. The van der Waals surface area contributed by atoms with E-state index in [1.165, 1.54) is 18.5 Å². The number of aromatic nitrogens is 2. The fourth-order valence-electron chi connectivity index (χ4n) is 2.48. The molecule has 0 radical (unpaired) electrons. The van der Waals surface area contributed by atoms with Crippen LogP contribution in [0.4, 0.5) is 19.5 Å². The van der Waals surface area contributed by atoms with Crippen molar-refractivity contribution in [1.82, 2.24) is 9.97 Å². The number of ether oxygens (including phenoxy) is 1. The zero-order valence-corrected chi connectivity index (χ0v) is 16.0. The van der Waals surface area contributed by atoms with E-state index in [1.807, 2.05) is 0 Å². The number of aliphatic hydroxyl groups is 1. The molecule has 0 unspecified atom stereocenters. The molecule has 29 heavy (non-hydrogen) atoms. The predicted octanol–water partition coefficient (Wildman–Crippen LogP) is 3.47. The number of hydrogen-bond donors (Lipinski definition) is 3. The van der Waals surface area contributed by atoms with Crippen molar-refractivity contribution in [2.75, 3.05) is 24.3 Å². The number of amides is 1. The number of halogens is 2. The summed E-state index contributed by atoms with van der Waals surface area (Å²) in [5, 5.41) is 11.4. The lowest BCUT2D eigenvalue weighted by molar-refractivity contribution is 0.102. The number of aliphatic hydroxyl groups excluding tert-OH is 1. The number of anilines is 2. The minimum absolute atomic E-state index is 0.0226. The SMILES string of the molecule is Nc1sc(-c2c(F)cccc2F)nc1C(=O)Nc1cnccc1OCCCCO. The van der Waals surface area contributed by atoms with Gasteiger partial charge >= 0.3 is 0 Å². The second kappa shape index (κ2) is 9.39. The summed E-state index contributed by atoms with van der Waals surface area (Å²) in [6.07, 6.45) is 4.15. The second-order valence-electron chi connectivity index (χ2n) is 5.93. The van der Waals surface area contributed by atoms with E-state index in [9.17, 15) is 13.6 Å². The van der Waals surface area contributed by atoms with Crippen LogP contribution in [-0.4, -0.2) is 34.2 Å². The number of nitrogens with zero attached hydrogens (tertiary/aromatic N) is 2. The minimum Gasteiger partial charge on any atom is -0.491 e. The van der Waals surface area contributed by atoms with Crippen molar-refractivity contribution in [3.63, 3.8) is 0 Å². The van der Waals surface area contributed by atoms with E-state index in [1.54, 1.807) is 6.07 Å². The second-order valence-corrected chi connectivity index (χ2v) is 6.96. The highest BCUT2D eigenvalue weighted by Crippen LogP contribution is 2.34. The first kappa shape index (κ1) is 20.6. The van der Waals surface area contributed by atoms with Crippen molar-refractivity contribution in [3.8, 4) is 16.3 Å². The van der Waals surface area contributed by atoms with Gasteiger partial charge in [-0.2, -0.15) is 0 Å². The Morgan fingerprint density at radius 1 is 1.24 bits per heavy atom. The quantitative estimate of drug-likeness (QED) is 0.482. The highest BCUT2D eigenvalue weighted by atomic mass is 32.1. The molecular weight excluding hydrogens is 402 g/mol. The summed E-state index contributed by atoms with van der Waals surface area (Å²) in [5.41, 5.74) is 5.68. The third kappa shape index (κ3) is 4.84. The van der Waals surface area contributed by atoms with E-state index < -0.39 is 17.5 Å². The van der Waals surface area contributed by atoms with E-state index in [2.05, 4.69) is 15.3 Å². The zero-order valence-electron chi connectivity index (χ0n) is 15.2. The van der Waals surface area contributed by atoms with Gasteiger partial charge in [-0.05, 0) is 25.0 Å². The summed E-state index contributed by atoms with van der Waals surface area (Å²) in [7, 11) is 0. The molecule has 0 fully saturated rings. The molecule has 1 amide bonds. The van der Waals surface area contributed by atoms with Gasteiger partial charge in [0.05, 0.1) is 18.4 Å². The van der Waals surface area contributed by atoms with Crippen molar-refractivity contribution in [1.29, 1.82) is 0 Å². The number of rotatable bonds is 8. The molecule has 0 aliphatic carbocycles. The van der Waals surface area contributed by atoms with Gasteiger partial charge in [-0.1, -0.05) is 17.4 Å². The number of nitrogen functional groups attached to an aromatic ring is 1. The molecule has 3 rings (SSSR count). The molecule has 2 aromatic heterocycles. The highest BCUT2D eigenvalue weighted by molar-refractivity contribution is 7.19. The van der Waals surface area contributed by atoms with Crippen molar-refractivity contribution in [3.05, 3.63) is 54.0 Å². The standard InChI is InChI=1S/C19H18F2N4O3S/c20-11-4-3-5-12(21)15(11)19-25-16(17(22)29-19)18(27)24-13-10-23-7-6-14(13)28-9-2-1-8-26/h3-7,10,26H,1-2,8-9,22H2,(H,24,27). The molecule has 0 aliphatic heterocycles. The molecule has 10 heteroatoms. The number of hydrogen-bond acceptors (Lipinski definition) is 7. The maximum absolute atomic E-state index is 14.0. The van der Waals surface area contributed by atoms with Gasteiger partial charge < -0.3 is 20.9 Å². The lowest BCUT2D eigenvalue weighted by Gasteiger charge is -2.11. The average Bonchev–Trinajstić information content (AvgIpc) is 3.07. The number of pyridine rings is 1. The molecule has 3 aromatic rings. The van der Waals surface area contributed by atoms with Crippen LogP contribution in [0.1, 0.15) is 23.3 Å². The van der Waals surface area contributed by atoms with E-state index in [-0.39, 0.29) is 27.9 Å². The molecule has 0 aliphatic rings. The molecule has 7 nitrogen and oxygen atoms in total. The van der Waals surface area contributed by atoms with Gasteiger partial charge in [0.25, 0.3) is 5.91 Å². The first-order valence-electron chi connectivity index (χ1n) is 8.71. The molecule has 0 saturated carbocycles. The zero-order chi connectivity index (χ0) is 20.8. The Balaban J connectivity index is 1.80. The van der Waals surface area contributed by atoms with Crippen molar-refractivity contribution >= 4 is 27.9 Å². The van der Waals surface area contributed by atoms with E-state index in [0.717, 1.165) is 23.5 Å². The van der Waals surface area contributed by atoms with Crippen LogP contribution in [0.15, 0.2) is 36.7 Å². The Hall–Kier alpha value is -3.11. The topological polar surface area (TPSA) is 110 Å². The first-order valence-corrected chi connectivity index (χ1v) is 9.52. The van der Waals surface area contributed by atoms with Crippen LogP contribution >= 0.6 is 11.3 Å². The van der Waals surface area contributed by atoms with Crippen molar-refractivity contribution < 1.29 is 23.4 Å². The van der Waals surface area contributed by atoms with E-state index in [0.29, 0.717) is 30.9 Å². The number of carbonyl (C=O) groups is 1. The molecule has 152 valence electrons. The van der Waals surface area contributed by atoms with Gasteiger partial charge in [0, 0.05) is 18.9 Å². The molecule has 2 heterocycles. The fraction of sp³-hybridized carbons (Fsp3) is 0.211.